The number of fused-ring (bicyclic) bond motifs is 2. The van der Waals surface area contributed by atoms with Crippen molar-refractivity contribution < 1.29 is 14.3 Å². The van der Waals surface area contributed by atoms with Crippen LogP contribution in [0.25, 0.3) is 22.4 Å². The van der Waals surface area contributed by atoms with E-state index in [1.165, 1.54) is 34.7 Å². The lowest BCUT2D eigenvalue weighted by molar-refractivity contribution is -0.103. The number of benzene rings is 3. The normalized spacial score (nSPS) is 16.8. The van der Waals surface area contributed by atoms with Gasteiger partial charge in [0.25, 0.3) is 0 Å². The molecular formula is C30H32O3. The Morgan fingerprint density at radius 3 is 2.15 bits per heavy atom. The fourth-order valence-corrected chi connectivity index (χ4v) is 4.83. The third kappa shape index (κ3) is 4.50. The van der Waals surface area contributed by atoms with Crippen molar-refractivity contribution in [2.45, 2.75) is 58.3 Å². The van der Waals surface area contributed by atoms with Crippen molar-refractivity contribution in [2.24, 2.45) is 0 Å². The summed E-state index contributed by atoms with van der Waals surface area (Å²) in [5, 5.41) is 2.40. The SMILES string of the molecule is CCOC(=O)c1cccc(C(C=O)=Cc2ccc3cc4c(cc3c2)C(C)(C)CCC4(C)C)c1. The Labute approximate surface area is 196 Å². The van der Waals surface area contributed by atoms with Crippen LogP contribution in [0.15, 0.2) is 54.6 Å². The van der Waals surface area contributed by atoms with Crippen LogP contribution in [0.5, 0.6) is 0 Å². The molecule has 3 heteroatoms. The maximum absolute atomic E-state index is 12.1. The fourth-order valence-electron chi connectivity index (χ4n) is 4.83. The number of allylic oxidation sites excluding steroid dienone is 1. The van der Waals surface area contributed by atoms with Crippen molar-refractivity contribution in [1.82, 2.24) is 0 Å². The van der Waals surface area contributed by atoms with Gasteiger partial charge in [0.05, 0.1) is 12.2 Å². The molecule has 3 aromatic carbocycles. The molecule has 0 aliphatic heterocycles. The topological polar surface area (TPSA) is 43.4 Å². The lowest BCUT2D eigenvalue weighted by Gasteiger charge is -2.42. The van der Waals surface area contributed by atoms with E-state index in [2.05, 4.69) is 52.0 Å². The second-order valence-electron chi connectivity index (χ2n) is 10.3. The third-order valence-electron chi connectivity index (χ3n) is 6.99. The number of rotatable bonds is 5. The van der Waals surface area contributed by atoms with E-state index < -0.39 is 0 Å². The molecule has 3 nitrogen and oxygen atoms in total. The third-order valence-corrected chi connectivity index (χ3v) is 6.99. The van der Waals surface area contributed by atoms with E-state index >= 15 is 0 Å². The first-order chi connectivity index (χ1) is 15.6. The van der Waals surface area contributed by atoms with E-state index in [4.69, 9.17) is 4.74 Å². The van der Waals surface area contributed by atoms with Gasteiger partial charge < -0.3 is 4.74 Å². The molecule has 3 aromatic rings. The minimum atomic E-state index is -0.384. The lowest BCUT2D eigenvalue weighted by Crippen LogP contribution is -2.33. The van der Waals surface area contributed by atoms with Gasteiger partial charge in [-0.15, -0.1) is 0 Å². The predicted octanol–water partition coefficient (Wildman–Crippen LogP) is 7.11. The van der Waals surface area contributed by atoms with Gasteiger partial charge in [-0.25, -0.2) is 4.79 Å². The van der Waals surface area contributed by atoms with E-state index in [-0.39, 0.29) is 16.8 Å². The van der Waals surface area contributed by atoms with E-state index in [0.29, 0.717) is 23.3 Å². The summed E-state index contributed by atoms with van der Waals surface area (Å²) >= 11 is 0. The van der Waals surface area contributed by atoms with Gasteiger partial charge >= 0.3 is 5.97 Å². The number of carbonyl (C=O) groups is 2. The summed E-state index contributed by atoms with van der Waals surface area (Å²) in [6.45, 7) is 11.4. The first-order valence-corrected chi connectivity index (χ1v) is 11.7. The van der Waals surface area contributed by atoms with Crippen molar-refractivity contribution in [3.05, 3.63) is 82.4 Å². The summed E-state index contributed by atoms with van der Waals surface area (Å²) in [5.74, 6) is -0.384. The van der Waals surface area contributed by atoms with Crippen molar-refractivity contribution in [3.63, 3.8) is 0 Å². The Bertz CT molecular complexity index is 1260. The molecule has 0 radical (unpaired) electrons. The summed E-state index contributed by atoms with van der Waals surface area (Å²) in [6, 6.07) is 18.0. The van der Waals surface area contributed by atoms with Crippen molar-refractivity contribution in [2.75, 3.05) is 6.61 Å². The van der Waals surface area contributed by atoms with E-state index in [0.717, 1.165) is 11.8 Å². The molecule has 0 aromatic heterocycles. The fraction of sp³-hybridized carbons (Fsp3) is 0.333. The minimum absolute atomic E-state index is 0.145. The zero-order chi connectivity index (χ0) is 23.8. The molecule has 170 valence electrons. The zero-order valence-corrected chi connectivity index (χ0v) is 20.2. The summed E-state index contributed by atoms with van der Waals surface area (Å²) in [7, 11) is 0. The molecule has 0 saturated heterocycles. The molecule has 0 atom stereocenters. The number of aldehydes is 1. The van der Waals surface area contributed by atoms with Crippen molar-refractivity contribution in [1.29, 1.82) is 0 Å². The van der Waals surface area contributed by atoms with Crippen LogP contribution in [0.4, 0.5) is 0 Å². The molecule has 0 bridgehead atoms. The first kappa shape index (κ1) is 23.0. The Morgan fingerprint density at radius 2 is 1.52 bits per heavy atom. The van der Waals surface area contributed by atoms with Crippen LogP contribution in [-0.2, 0) is 20.4 Å². The maximum atomic E-state index is 12.1. The number of hydrogen-bond acceptors (Lipinski definition) is 3. The highest BCUT2D eigenvalue weighted by Crippen LogP contribution is 2.47. The van der Waals surface area contributed by atoms with Gasteiger partial charge in [-0.2, -0.15) is 0 Å². The quantitative estimate of drug-likeness (QED) is 0.184. The van der Waals surface area contributed by atoms with Crippen LogP contribution >= 0.6 is 0 Å². The summed E-state index contributed by atoms with van der Waals surface area (Å²) in [6.07, 6.45) is 5.08. The van der Waals surface area contributed by atoms with E-state index in [1.807, 2.05) is 18.2 Å². The van der Waals surface area contributed by atoms with Gasteiger partial charge in [-0.05, 0) is 87.9 Å². The molecule has 4 rings (SSSR count). The van der Waals surface area contributed by atoms with Crippen LogP contribution in [0.2, 0.25) is 0 Å². The molecule has 0 amide bonds. The Balaban J connectivity index is 1.76. The highest BCUT2D eigenvalue weighted by molar-refractivity contribution is 6.14. The molecule has 33 heavy (non-hydrogen) atoms. The second-order valence-corrected chi connectivity index (χ2v) is 10.3. The van der Waals surface area contributed by atoms with Crippen LogP contribution in [0, 0.1) is 0 Å². The Morgan fingerprint density at radius 1 is 0.879 bits per heavy atom. The molecule has 1 aliphatic carbocycles. The largest absolute Gasteiger partial charge is 0.462 e. The van der Waals surface area contributed by atoms with Crippen LogP contribution < -0.4 is 0 Å². The molecule has 0 spiro atoms. The molecule has 0 unspecified atom stereocenters. The average Bonchev–Trinajstić information content (AvgIpc) is 2.80. The summed E-state index contributed by atoms with van der Waals surface area (Å²) < 4.78 is 5.09. The average molecular weight is 441 g/mol. The van der Waals surface area contributed by atoms with Crippen molar-refractivity contribution in [3.8, 4) is 0 Å². The van der Waals surface area contributed by atoms with Gasteiger partial charge in [-0.3, -0.25) is 4.79 Å². The van der Waals surface area contributed by atoms with E-state index in [1.54, 1.807) is 25.1 Å². The monoisotopic (exact) mass is 440 g/mol. The Kier molecular flexibility index (Phi) is 6.00. The van der Waals surface area contributed by atoms with Gasteiger partial charge in [0, 0.05) is 5.57 Å². The molecule has 0 saturated carbocycles. The molecule has 0 heterocycles. The van der Waals surface area contributed by atoms with Gasteiger partial charge in [0.1, 0.15) is 0 Å². The smallest absolute Gasteiger partial charge is 0.338 e. The van der Waals surface area contributed by atoms with Gasteiger partial charge in [-0.1, -0.05) is 64.1 Å². The van der Waals surface area contributed by atoms with E-state index in [9.17, 15) is 9.59 Å². The standard InChI is InChI=1S/C30H32O3/c1-6-33-28(32)23-9-7-8-21(16-23)25(19-31)15-20-10-11-22-17-26-27(18-24(22)14-20)30(4,5)13-12-29(26,2)3/h7-11,14-19H,6,12-13H2,1-5H3. The Hall–Kier alpha value is -3.20. The number of ether oxygens (including phenoxy) is 1. The second kappa shape index (κ2) is 8.62. The maximum Gasteiger partial charge on any atom is 0.338 e. The number of hydrogen-bond donors (Lipinski definition) is 0. The molecule has 0 fully saturated rings. The predicted molar refractivity (Wildman–Crippen MR) is 136 cm³/mol. The van der Waals surface area contributed by atoms with Gasteiger partial charge in [0.15, 0.2) is 6.29 Å². The van der Waals surface area contributed by atoms with Crippen molar-refractivity contribution >= 4 is 34.7 Å². The number of carbonyl (C=O) groups excluding carboxylic acids is 2. The van der Waals surface area contributed by atoms with Gasteiger partial charge in [0.2, 0.25) is 0 Å². The summed E-state index contributed by atoms with van der Waals surface area (Å²) in [5.41, 5.74) is 5.81. The minimum Gasteiger partial charge on any atom is -0.462 e. The van der Waals surface area contributed by atoms with Crippen LogP contribution in [-0.4, -0.2) is 18.9 Å². The molecule has 1 aliphatic rings. The molecular weight excluding hydrogens is 408 g/mol. The van der Waals surface area contributed by atoms with Crippen LogP contribution in [0.3, 0.4) is 0 Å². The highest BCUT2D eigenvalue weighted by Gasteiger charge is 2.37. The highest BCUT2D eigenvalue weighted by atomic mass is 16.5. The lowest BCUT2D eigenvalue weighted by atomic mass is 9.63. The summed E-state index contributed by atoms with van der Waals surface area (Å²) in [4.78, 5) is 24.0. The van der Waals surface area contributed by atoms with Crippen LogP contribution in [0.1, 0.15) is 80.1 Å². The number of esters is 1. The molecule has 0 N–H and O–H groups in total. The first-order valence-electron chi connectivity index (χ1n) is 11.7. The zero-order valence-electron chi connectivity index (χ0n) is 20.2.